The Bertz CT molecular complexity index is 531. The van der Waals surface area contributed by atoms with Gasteiger partial charge in [-0.3, -0.25) is 0 Å². The number of benzene rings is 1. The van der Waals surface area contributed by atoms with Gasteiger partial charge in [-0.1, -0.05) is 5.16 Å². The Morgan fingerprint density at radius 3 is 2.67 bits per heavy atom. The molecular formula is C13H14N2O3. The van der Waals surface area contributed by atoms with E-state index in [-0.39, 0.29) is 11.9 Å². The summed E-state index contributed by atoms with van der Waals surface area (Å²) in [6, 6.07) is 6.67. The number of hydrogen-bond acceptors (Lipinski definition) is 5. The van der Waals surface area contributed by atoms with E-state index >= 15 is 0 Å². The fraction of sp³-hybridized carbons (Fsp3) is 0.385. The second-order valence-electron chi connectivity index (χ2n) is 4.50. The first kappa shape index (κ1) is 11.2. The highest BCUT2D eigenvalue weighted by Gasteiger charge is 2.35. The fourth-order valence-corrected chi connectivity index (χ4v) is 1.98. The predicted octanol–water partition coefficient (Wildman–Crippen LogP) is 2.54. The maximum atomic E-state index is 9.23. The summed E-state index contributed by atoms with van der Waals surface area (Å²) in [4.78, 5) is 4.36. The summed E-state index contributed by atoms with van der Waals surface area (Å²) < 4.78 is 10.6. The minimum atomic E-state index is -0.0698. The van der Waals surface area contributed by atoms with Gasteiger partial charge in [0.05, 0.1) is 0 Å². The summed E-state index contributed by atoms with van der Waals surface area (Å²) in [5.41, 5.74) is 0.789. The molecule has 1 heterocycles. The number of rotatable bonds is 4. The maximum Gasteiger partial charge on any atom is 0.258 e. The van der Waals surface area contributed by atoms with E-state index in [0.29, 0.717) is 17.6 Å². The highest BCUT2D eigenvalue weighted by atomic mass is 16.5. The molecule has 1 fully saturated rings. The lowest BCUT2D eigenvalue weighted by Crippen LogP contribution is -2.05. The summed E-state index contributed by atoms with van der Waals surface area (Å²) in [5.74, 6) is 1.78. The molecule has 0 spiro atoms. The molecule has 0 saturated heterocycles. The fourth-order valence-electron chi connectivity index (χ4n) is 1.98. The molecule has 1 N–H and O–H groups in total. The summed E-state index contributed by atoms with van der Waals surface area (Å²) >= 11 is 0. The first-order chi connectivity index (χ1) is 8.78. The Morgan fingerprint density at radius 2 is 2.06 bits per heavy atom. The van der Waals surface area contributed by atoms with Gasteiger partial charge in [-0.2, -0.15) is 4.98 Å². The van der Waals surface area contributed by atoms with Crippen molar-refractivity contribution >= 4 is 0 Å². The predicted molar refractivity (Wildman–Crippen MR) is 63.9 cm³/mol. The molecule has 0 radical (unpaired) electrons. The van der Waals surface area contributed by atoms with Crippen molar-refractivity contribution in [3.8, 4) is 17.2 Å². The second-order valence-corrected chi connectivity index (χ2v) is 4.50. The number of phenols is 1. The zero-order chi connectivity index (χ0) is 12.5. The van der Waals surface area contributed by atoms with Gasteiger partial charge in [-0.25, -0.2) is 0 Å². The van der Waals surface area contributed by atoms with Crippen LogP contribution >= 0.6 is 0 Å². The topological polar surface area (TPSA) is 68.4 Å². The lowest BCUT2D eigenvalue weighted by atomic mass is 10.2. The normalized spacial score (nSPS) is 16.7. The van der Waals surface area contributed by atoms with Crippen LogP contribution in [0.25, 0.3) is 11.5 Å². The quantitative estimate of drug-likeness (QED) is 0.897. The van der Waals surface area contributed by atoms with E-state index in [4.69, 9.17) is 9.26 Å². The Kier molecular flexibility index (Phi) is 2.76. The van der Waals surface area contributed by atoms with Crippen molar-refractivity contribution in [3.63, 3.8) is 0 Å². The Hall–Kier alpha value is -1.88. The van der Waals surface area contributed by atoms with Crippen LogP contribution in [-0.2, 0) is 4.74 Å². The van der Waals surface area contributed by atoms with Gasteiger partial charge in [0.2, 0.25) is 5.82 Å². The molecule has 1 aliphatic rings. The van der Waals surface area contributed by atoms with Crippen LogP contribution in [0.4, 0.5) is 0 Å². The van der Waals surface area contributed by atoms with Crippen molar-refractivity contribution in [1.82, 2.24) is 10.1 Å². The molecule has 5 heteroatoms. The Morgan fingerprint density at radius 1 is 1.33 bits per heavy atom. The number of phenolic OH excluding ortho intramolecular Hbond substituents is 1. The Labute approximate surface area is 104 Å². The van der Waals surface area contributed by atoms with Crippen LogP contribution in [0.5, 0.6) is 5.75 Å². The van der Waals surface area contributed by atoms with Crippen LogP contribution in [-0.4, -0.2) is 22.4 Å². The van der Waals surface area contributed by atoms with Crippen molar-refractivity contribution in [1.29, 1.82) is 0 Å². The summed E-state index contributed by atoms with van der Waals surface area (Å²) in [7, 11) is 1.67. The number of hydrogen-bond donors (Lipinski definition) is 1. The van der Waals surface area contributed by atoms with Crippen LogP contribution in [0.1, 0.15) is 24.8 Å². The molecule has 0 aliphatic heterocycles. The third-order valence-corrected chi connectivity index (χ3v) is 3.11. The van der Waals surface area contributed by atoms with Crippen molar-refractivity contribution in [2.75, 3.05) is 7.11 Å². The number of ether oxygens (including phenoxy) is 1. The molecule has 0 bridgehead atoms. The molecule has 5 nitrogen and oxygen atoms in total. The molecule has 0 amide bonds. The zero-order valence-corrected chi connectivity index (χ0v) is 10.0. The maximum absolute atomic E-state index is 9.23. The first-order valence-electron chi connectivity index (χ1n) is 5.93. The average molecular weight is 246 g/mol. The summed E-state index contributed by atoms with van der Waals surface area (Å²) in [5, 5.41) is 13.2. The minimum absolute atomic E-state index is 0.0698. The number of methoxy groups -OCH3 is 1. The zero-order valence-electron chi connectivity index (χ0n) is 10.0. The molecule has 1 aromatic heterocycles. The molecule has 1 atom stereocenters. The van der Waals surface area contributed by atoms with Crippen LogP contribution < -0.4 is 0 Å². The largest absolute Gasteiger partial charge is 0.508 e. The van der Waals surface area contributed by atoms with E-state index in [1.54, 1.807) is 31.4 Å². The van der Waals surface area contributed by atoms with E-state index in [2.05, 4.69) is 10.1 Å². The van der Waals surface area contributed by atoms with Crippen molar-refractivity contribution in [2.24, 2.45) is 5.92 Å². The standard InChI is InChI=1S/C13H14N2O3/c1-17-11(8-2-3-8)12-14-13(18-15-12)9-4-6-10(16)7-5-9/h4-8,11,16H,2-3H2,1H3. The molecular weight excluding hydrogens is 232 g/mol. The molecule has 1 aromatic carbocycles. The lowest BCUT2D eigenvalue weighted by molar-refractivity contribution is 0.0751. The molecule has 1 saturated carbocycles. The molecule has 1 aliphatic carbocycles. The molecule has 94 valence electrons. The average Bonchev–Trinajstić information content (AvgIpc) is 3.09. The summed E-state index contributed by atoms with van der Waals surface area (Å²) in [6.45, 7) is 0. The van der Waals surface area contributed by atoms with Crippen LogP contribution in [0, 0.1) is 5.92 Å². The third kappa shape index (κ3) is 2.09. The highest BCUT2D eigenvalue weighted by molar-refractivity contribution is 5.54. The van der Waals surface area contributed by atoms with Crippen LogP contribution in [0.15, 0.2) is 28.8 Å². The van der Waals surface area contributed by atoms with E-state index in [0.717, 1.165) is 18.4 Å². The van der Waals surface area contributed by atoms with Gasteiger partial charge in [0, 0.05) is 12.7 Å². The molecule has 3 rings (SSSR count). The Balaban J connectivity index is 1.86. The second kappa shape index (κ2) is 4.42. The smallest absolute Gasteiger partial charge is 0.258 e. The van der Waals surface area contributed by atoms with Gasteiger partial charge < -0.3 is 14.4 Å². The van der Waals surface area contributed by atoms with E-state index in [1.165, 1.54) is 0 Å². The van der Waals surface area contributed by atoms with Gasteiger partial charge in [0.1, 0.15) is 11.9 Å². The first-order valence-corrected chi connectivity index (χ1v) is 5.93. The summed E-state index contributed by atoms with van der Waals surface area (Å²) in [6.07, 6.45) is 2.24. The van der Waals surface area contributed by atoms with Gasteiger partial charge in [0.15, 0.2) is 0 Å². The van der Waals surface area contributed by atoms with Gasteiger partial charge in [-0.05, 0) is 43.0 Å². The van der Waals surface area contributed by atoms with Gasteiger partial charge in [0.25, 0.3) is 5.89 Å². The number of aromatic nitrogens is 2. The lowest BCUT2D eigenvalue weighted by Gasteiger charge is -2.08. The van der Waals surface area contributed by atoms with Crippen molar-refractivity contribution in [2.45, 2.75) is 18.9 Å². The van der Waals surface area contributed by atoms with E-state index in [9.17, 15) is 5.11 Å². The number of aromatic hydroxyl groups is 1. The molecule has 18 heavy (non-hydrogen) atoms. The molecule has 1 unspecified atom stereocenters. The van der Waals surface area contributed by atoms with Crippen molar-refractivity contribution < 1.29 is 14.4 Å². The van der Waals surface area contributed by atoms with E-state index < -0.39 is 0 Å². The monoisotopic (exact) mass is 246 g/mol. The highest BCUT2D eigenvalue weighted by Crippen LogP contribution is 2.42. The van der Waals surface area contributed by atoms with Crippen LogP contribution in [0.3, 0.4) is 0 Å². The van der Waals surface area contributed by atoms with Crippen LogP contribution in [0.2, 0.25) is 0 Å². The minimum Gasteiger partial charge on any atom is -0.508 e. The van der Waals surface area contributed by atoms with Gasteiger partial charge in [-0.15, -0.1) is 0 Å². The third-order valence-electron chi connectivity index (χ3n) is 3.11. The van der Waals surface area contributed by atoms with E-state index in [1.807, 2.05) is 0 Å². The SMILES string of the molecule is COC(c1noc(-c2ccc(O)cc2)n1)C1CC1. The van der Waals surface area contributed by atoms with Crippen molar-refractivity contribution in [3.05, 3.63) is 30.1 Å². The number of nitrogens with zero attached hydrogens (tertiary/aromatic N) is 2. The van der Waals surface area contributed by atoms with Gasteiger partial charge >= 0.3 is 0 Å². The molecule has 2 aromatic rings.